The van der Waals surface area contributed by atoms with Gasteiger partial charge in [0, 0.05) is 19.4 Å². The van der Waals surface area contributed by atoms with E-state index in [1.165, 1.54) is 83.5 Å². The number of aliphatic hydroxyl groups excluding tert-OH is 1. The number of unbranched alkanes of at least 4 members (excludes halogenated alkanes) is 18. The van der Waals surface area contributed by atoms with Gasteiger partial charge in [-0.25, -0.2) is 0 Å². The molecule has 0 rings (SSSR count). The average Bonchev–Trinajstić information content (AvgIpc) is 2.98. The lowest BCUT2D eigenvalue weighted by Crippen LogP contribution is -2.29. The molecule has 0 heterocycles. The minimum Gasteiger partial charge on any atom is -0.462 e. The zero-order chi connectivity index (χ0) is 33.4. The van der Waals surface area contributed by atoms with Gasteiger partial charge in [0.15, 0.2) is 0 Å². The second-order valence-electron chi connectivity index (χ2n) is 14.4. The Morgan fingerprint density at radius 1 is 0.556 bits per heavy atom. The molecule has 0 amide bonds. The molecule has 0 aromatic heterocycles. The van der Waals surface area contributed by atoms with Crippen molar-refractivity contribution >= 4 is 11.9 Å². The third kappa shape index (κ3) is 32.6. The maximum atomic E-state index is 12.6. The minimum absolute atomic E-state index is 0.0101. The van der Waals surface area contributed by atoms with Gasteiger partial charge in [0.2, 0.25) is 0 Å². The van der Waals surface area contributed by atoms with Crippen molar-refractivity contribution in [1.82, 2.24) is 4.90 Å². The molecule has 0 aromatic carbocycles. The summed E-state index contributed by atoms with van der Waals surface area (Å²) in [4.78, 5) is 26.8. The van der Waals surface area contributed by atoms with Crippen molar-refractivity contribution in [3.05, 3.63) is 0 Å². The van der Waals surface area contributed by atoms with Crippen molar-refractivity contribution in [3.63, 3.8) is 0 Å². The summed E-state index contributed by atoms with van der Waals surface area (Å²) in [6.45, 7) is 13.2. The van der Waals surface area contributed by atoms with E-state index < -0.39 is 5.60 Å². The van der Waals surface area contributed by atoms with Gasteiger partial charge in [-0.2, -0.15) is 0 Å². The van der Waals surface area contributed by atoms with Crippen LogP contribution in [0.15, 0.2) is 0 Å². The molecule has 45 heavy (non-hydrogen) atoms. The molecule has 0 bridgehead atoms. The Balaban J connectivity index is 4.05. The zero-order valence-corrected chi connectivity index (χ0v) is 30.8. The SMILES string of the molecule is CCCCCCCCC(CCCCCCCC)OC(=O)CCCCCCCN(CCO)CCCCCCCC(=O)OC(C)(C)C. The first kappa shape index (κ1) is 43.9. The van der Waals surface area contributed by atoms with Gasteiger partial charge in [0.25, 0.3) is 0 Å². The molecule has 0 radical (unpaired) electrons. The number of nitrogens with zero attached hydrogens (tertiary/aromatic N) is 1. The van der Waals surface area contributed by atoms with Crippen LogP contribution in [0.3, 0.4) is 0 Å². The molecule has 6 heteroatoms. The molecule has 0 unspecified atom stereocenters. The summed E-state index contributed by atoms with van der Waals surface area (Å²) >= 11 is 0. The number of hydrogen-bond donors (Lipinski definition) is 1. The second kappa shape index (κ2) is 31.5. The summed E-state index contributed by atoms with van der Waals surface area (Å²) < 4.78 is 11.4. The van der Waals surface area contributed by atoms with Crippen LogP contribution in [0.25, 0.3) is 0 Å². The lowest BCUT2D eigenvalue weighted by molar-refractivity contribution is -0.155. The Morgan fingerprint density at radius 2 is 0.956 bits per heavy atom. The average molecular weight is 640 g/mol. The third-order valence-electron chi connectivity index (χ3n) is 8.60. The summed E-state index contributed by atoms with van der Waals surface area (Å²) in [6, 6.07) is 0. The molecule has 0 aromatic rings. The first-order valence-electron chi connectivity index (χ1n) is 19.5. The lowest BCUT2D eigenvalue weighted by atomic mass is 10.0. The van der Waals surface area contributed by atoms with Crippen molar-refractivity contribution < 1.29 is 24.2 Å². The zero-order valence-electron chi connectivity index (χ0n) is 30.8. The lowest BCUT2D eigenvalue weighted by Gasteiger charge is -2.21. The number of esters is 2. The van der Waals surface area contributed by atoms with Crippen molar-refractivity contribution in [3.8, 4) is 0 Å². The van der Waals surface area contributed by atoms with Crippen LogP contribution in [0, 0.1) is 0 Å². The van der Waals surface area contributed by atoms with Gasteiger partial charge in [-0.05, 0) is 85.2 Å². The van der Waals surface area contributed by atoms with E-state index in [4.69, 9.17) is 9.47 Å². The Labute approximate surface area is 280 Å². The molecule has 0 saturated carbocycles. The van der Waals surface area contributed by atoms with Crippen LogP contribution in [0.1, 0.15) is 202 Å². The molecule has 0 aliphatic heterocycles. The van der Waals surface area contributed by atoms with Gasteiger partial charge < -0.3 is 19.5 Å². The van der Waals surface area contributed by atoms with Crippen molar-refractivity contribution in [2.24, 2.45) is 0 Å². The number of hydrogen-bond acceptors (Lipinski definition) is 6. The largest absolute Gasteiger partial charge is 0.462 e. The molecular weight excluding hydrogens is 562 g/mol. The molecule has 6 nitrogen and oxygen atoms in total. The second-order valence-corrected chi connectivity index (χ2v) is 14.4. The van der Waals surface area contributed by atoms with Crippen LogP contribution in [0.4, 0.5) is 0 Å². The fourth-order valence-electron chi connectivity index (χ4n) is 5.95. The molecular formula is C39H77NO5. The van der Waals surface area contributed by atoms with E-state index in [-0.39, 0.29) is 24.6 Å². The van der Waals surface area contributed by atoms with Crippen molar-refractivity contribution in [2.75, 3.05) is 26.2 Å². The molecule has 0 spiro atoms. The Kier molecular flexibility index (Phi) is 30.7. The Hall–Kier alpha value is -1.14. The molecule has 1 N–H and O–H groups in total. The fraction of sp³-hybridized carbons (Fsp3) is 0.949. The van der Waals surface area contributed by atoms with Gasteiger partial charge >= 0.3 is 11.9 Å². The Bertz CT molecular complexity index is 646. The van der Waals surface area contributed by atoms with Crippen molar-refractivity contribution in [2.45, 2.75) is 213 Å². The summed E-state index contributed by atoms with van der Waals surface area (Å²) in [5.41, 5.74) is -0.399. The maximum absolute atomic E-state index is 12.6. The molecule has 268 valence electrons. The number of rotatable bonds is 33. The van der Waals surface area contributed by atoms with E-state index in [2.05, 4.69) is 18.7 Å². The van der Waals surface area contributed by atoms with Gasteiger partial charge in [0.1, 0.15) is 11.7 Å². The van der Waals surface area contributed by atoms with Crippen LogP contribution in [-0.2, 0) is 19.1 Å². The van der Waals surface area contributed by atoms with Gasteiger partial charge in [-0.15, -0.1) is 0 Å². The van der Waals surface area contributed by atoms with Crippen LogP contribution in [-0.4, -0.2) is 59.9 Å². The minimum atomic E-state index is -0.399. The van der Waals surface area contributed by atoms with Crippen molar-refractivity contribution in [1.29, 1.82) is 0 Å². The maximum Gasteiger partial charge on any atom is 0.306 e. The first-order valence-corrected chi connectivity index (χ1v) is 19.5. The summed E-state index contributed by atoms with van der Waals surface area (Å²) in [6.07, 6.45) is 29.5. The third-order valence-corrected chi connectivity index (χ3v) is 8.60. The highest BCUT2D eigenvalue weighted by Crippen LogP contribution is 2.18. The van der Waals surface area contributed by atoms with E-state index in [0.717, 1.165) is 90.3 Å². The molecule has 0 aliphatic rings. The standard InChI is InChI=1S/C39H77NO5/c1-6-8-10-12-16-22-28-36(29-23-17-13-11-9-7-2)44-37(42)30-24-18-14-20-26-32-40(34-35-41)33-27-21-15-19-25-31-38(43)45-39(3,4)5/h36,41H,6-35H2,1-5H3. The molecule has 0 atom stereocenters. The highest BCUT2D eigenvalue weighted by Gasteiger charge is 2.16. The normalized spacial score (nSPS) is 11.9. The number of carbonyl (C=O) groups excluding carboxylic acids is 2. The summed E-state index contributed by atoms with van der Waals surface area (Å²) in [5, 5.41) is 9.48. The summed E-state index contributed by atoms with van der Waals surface area (Å²) in [5.74, 6) is -0.0845. The van der Waals surface area contributed by atoms with E-state index in [1.807, 2.05) is 20.8 Å². The summed E-state index contributed by atoms with van der Waals surface area (Å²) in [7, 11) is 0. The van der Waals surface area contributed by atoms with Crippen LogP contribution >= 0.6 is 0 Å². The highest BCUT2D eigenvalue weighted by atomic mass is 16.6. The van der Waals surface area contributed by atoms with E-state index in [0.29, 0.717) is 12.8 Å². The van der Waals surface area contributed by atoms with E-state index in [1.54, 1.807) is 0 Å². The van der Waals surface area contributed by atoms with Crippen LogP contribution < -0.4 is 0 Å². The van der Waals surface area contributed by atoms with Crippen LogP contribution in [0.5, 0.6) is 0 Å². The first-order chi connectivity index (χ1) is 21.7. The number of aliphatic hydroxyl groups is 1. The molecule has 0 aliphatic carbocycles. The van der Waals surface area contributed by atoms with Gasteiger partial charge in [-0.1, -0.05) is 117 Å². The number of carbonyl (C=O) groups is 2. The smallest absolute Gasteiger partial charge is 0.306 e. The predicted molar refractivity (Wildman–Crippen MR) is 191 cm³/mol. The van der Waals surface area contributed by atoms with Gasteiger partial charge in [-0.3, -0.25) is 9.59 Å². The number of ether oxygens (including phenoxy) is 2. The van der Waals surface area contributed by atoms with E-state index in [9.17, 15) is 14.7 Å². The quantitative estimate of drug-likeness (QED) is 0.0569. The molecule has 0 saturated heterocycles. The monoisotopic (exact) mass is 640 g/mol. The van der Waals surface area contributed by atoms with Gasteiger partial charge in [0.05, 0.1) is 6.61 Å². The fourth-order valence-corrected chi connectivity index (χ4v) is 5.95. The topological polar surface area (TPSA) is 76.1 Å². The predicted octanol–water partition coefficient (Wildman–Crippen LogP) is 10.7. The molecule has 0 fully saturated rings. The highest BCUT2D eigenvalue weighted by molar-refractivity contribution is 5.70. The Morgan fingerprint density at radius 3 is 1.40 bits per heavy atom. The van der Waals surface area contributed by atoms with E-state index >= 15 is 0 Å². The van der Waals surface area contributed by atoms with Crippen LogP contribution in [0.2, 0.25) is 0 Å².